The van der Waals surface area contributed by atoms with Crippen molar-refractivity contribution >= 4 is 31.6 Å². The molecule has 0 fully saturated rings. The average Bonchev–Trinajstić information content (AvgIpc) is 2.46. The van der Waals surface area contributed by atoms with Crippen LogP contribution in [0.4, 0.5) is 18.9 Å². The Kier molecular flexibility index (Phi) is 4.90. The lowest BCUT2D eigenvalue weighted by atomic mass is 10.1. The van der Waals surface area contributed by atoms with Crippen molar-refractivity contribution in [2.45, 2.75) is 11.1 Å². The Balaban J connectivity index is 2.43. The van der Waals surface area contributed by atoms with Gasteiger partial charge in [0.1, 0.15) is 10.6 Å². The SMILES string of the molecule is COc1ccc(NS(=O)(=O)c2ccccc2Br)cc1C(F)(F)F. The highest BCUT2D eigenvalue weighted by atomic mass is 79.9. The van der Waals surface area contributed by atoms with Gasteiger partial charge in [-0.15, -0.1) is 0 Å². The maximum atomic E-state index is 13.0. The molecular formula is C14H11BrF3NO3S. The van der Waals surface area contributed by atoms with Gasteiger partial charge in [-0.3, -0.25) is 4.72 Å². The Bertz CT molecular complexity index is 822. The summed E-state index contributed by atoms with van der Waals surface area (Å²) >= 11 is 3.10. The Labute approximate surface area is 139 Å². The molecular weight excluding hydrogens is 399 g/mol. The van der Waals surface area contributed by atoms with Crippen molar-refractivity contribution in [1.82, 2.24) is 0 Å². The minimum absolute atomic E-state index is 0.0793. The molecule has 0 aromatic heterocycles. The van der Waals surface area contributed by atoms with Crippen molar-refractivity contribution in [3.8, 4) is 5.75 Å². The minimum Gasteiger partial charge on any atom is -0.496 e. The van der Waals surface area contributed by atoms with Crippen LogP contribution in [0.1, 0.15) is 5.56 Å². The molecule has 0 saturated heterocycles. The van der Waals surface area contributed by atoms with E-state index in [-0.39, 0.29) is 16.3 Å². The summed E-state index contributed by atoms with van der Waals surface area (Å²) in [6.07, 6.45) is -4.67. The van der Waals surface area contributed by atoms with E-state index in [4.69, 9.17) is 0 Å². The number of rotatable bonds is 4. The second kappa shape index (κ2) is 6.40. The van der Waals surface area contributed by atoms with Crippen LogP contribution in [0.15, 0.2) is 51.8 Å². The van der Waals surface area contributed by atoms with Crippen LogP contribution in [0, 0.1) is 0 Å². The molecule has 0 aliphatic rings. The molecule has 2 aromatic rings. The number of alkyl halides is 3. The van der Waals surface area contributed by atoms with E-state index in [1.54, 1.807) is 6.07 Å². The fourth-order valence-electron chi connectivity index (χ4n) is 1.87. The Morgan fingerprint density at radius 2 is 1.78 bits per heavy atom. The summed E-state index contributed by atoms with van der Waals surface area (Å²) in [5.41, 5.74) is -1.28. The summed E-state index contributed by atoms with van der Waals surface area (Å²) in [7, 11) is -2.92. The van der Waals surface area contributed by atoms with Gasteiger partial charge in [0.25, 0.3) is 10.0 Å². The quantitative estimate of drug-likeness (QED) is 0.819. The Morgan fingerprint density at radius 1 is 1.13 bits per heavy atom. The van der Waals surface area contributed by atoms with Crippen molar-refractivity contribution in [1.29, 1.82) is 0 Å². The molecule has 0 aliphatic carbocycles. The molecule has 0 bridgehead atoms. The van der Waals surface area contributed by atoms with Gasteiger partial charge in [0.2, 0.25) is 0 Å². The molecule has 0 spiro atoms. The first-order chi connectivity index (χ1) is 10.6. The molecule has 0 heterocycles. The van der Waals surface area contributed by atoms with E-state index in [1.165, 1.54) is 24.3 Å². The average molecular weight is 410 g/mol. The first-order valence-electron chi connectivity index (χ1n) is 6.18. The number of benzene rings is 2. The smallest absolute Gasteiger partial charge is 0.420 e. The summed E-state index contributed by atoms with van der Waals surface area (Å²) in [5.74, 6) is -0.388. The van der Waals surface area contributed by atoms with Crippen molar-refractivity contribution in [3.63, 3.8) is 0 Å². The van der Waals surface area contributed by atoms with Gasteiger partial charge in [-0.25, -0.2) is 8.42 Å². The fraction of sp³-hybridized carbons (Fsp3) is 0.143. The standard InChI is InChI=1S/C14H11BrF3NO3S/c1-22-12-7-6-9(8-10(12)14(16,17)18)19-23(20,21)13-5-3-2-4-11(13)15/h2-8,19H,1H3. The number of hydrogen-bond donors (Lipinski definition) is 1. The monoisotopic (exact) mass is 409 g/mol. The van der Waals surface area contributed by atoms with Crippen LogP contribution in [-0.4, -0.2) is 15.5 Å². The van der Waals surface area contributed by atoms with Crippen LogP contribution in [0.25, 0.3) is 0 Å². The van der Waals surface area contributed by atoms with Crippen molar-refractivity contribution in [2.75, 3.05) is 11.8 Å². The topological polar surface area (TPSA) is 55.4 Å². The van der Waals surface area contributed by atoms with Gasteiger partial charge in [0, 0.05) is 10.2 Å². The molecule has 0 radical (unpaired) electrons. The zero-order valence-electron chi connectivity index (χ0n) is 11.7. The van der Waals surface area contributed by atoms with Crippen LogP contribution in [0.2, 0.25) is 0 Å². The molecule has 0 aliphatic heterocycles. The molecule has 0 saturated carbocycles. The molecule has 23 heavy (non-hydrogen) atoms. The normalized spacial score (nSPS) is 12.0. The fourth-order valence-corrected chi connectivity index (χ4v) is 3.92. The highest BCUT2D eigenvalue weighted by Crippen LogP contribution is 2.38. The molecule has 2 rings (SSSR count). The minimum atomic E-state index is -4.67. The van der Waals surface area contributed by atoms with Gasteiger partial charge in [-0.05, 0) is 46.3 Å². The van der Waals surface area contributed by atoms with E-state index in [1.807, 2.05) is 0 Å². The van der Waals surface area contributed by atoms with Crippen molar-refractivity contribution in [3.05, 3.63) is 52.5 Å². The number of nitrogens with one attached hydrogen (secondary N) is 1. The molecule has 0 amide bonds. The number of halogens is 4. The van der Waals surface area contributed by atoms with Gasteiger partial charge in [-0.1, -0.05) is 12.1 Å². The van der Waals surface area contributed by atoms with Crippen molar-refractivity contribution in [2.24, 2.45) is 0 Å². The lowest BCUT2D eigenvalue weighted by Gasteiger charge is -2.15. The van der Waals surface area contributed by atoms with Gasteiger partial charge in [-0.2, -0.15) is 13.2 Å². The number of sulfonamides is 1. The van der Waals surface area contributed by atoms with Crippen molar-refractivity contribution < 1.29 is 26.3 Å². The maximum Gasteiger partial charge on any atom is 0.420 e. The van der Waals surface area contributed by atoms with E-state index in [9.17, 15) is 21.6 Å². The largest absolute Gasteiger partial charge is 0.496 e. The first kappa shape index (κ1) is 17.6. The van der Waals surface area contributed by atoms with E-state index in [2.05, 4.69) is 25.4 Å². The third kappa shape index (κ3) is 3.97. The summed E-state index contributed by atoms with van der Waals surface area (Å²) in [5, 5.41) is 0. The Morgan fingerprint density at radius 3 is 2.35 bits per heavy atom. The first-order valence-corrected chi connectivity index (χ1v) is 8.45. The van der Waals surface area contributed by atoms with E-state index >= 15 is 0 Å². The van der Waals surface area contributed by atoms with E-state index < -0.39 is 21.8 Å². The van der Waals surface area contributed by atoms with E-state index in [0.29, 0.717) is 10.5 Å². The molecule has 124 valence electrons. The highest BCUT2D eigenvalue weighted by molar-refractivity contribution is 9.10. The predicted molar refractivity (Wildman–Crippen MR) is 82.9 cm³/mol. The van der Waals surface area contributed by atoms with Gasteiger partial charge >= 0.3 is 6.18 Å². The molecule has 1 N–H and O–H groups in total. The maximum absolute atomic E-state index is 13.0. The Hall–Kier alpha value is -1.74. The van der Waals surface area contributed by atoms with E-state index in [0.717, 1.165) is 13.2 Å². The highest BCUT2D eigenvalue weighted by Gasteiger charge is 2.35. The van der Waals surface area contributed by atoms with Gasteiger partial charge in [0.15, 0.2) is 0 Å². The van der Waals surface area contributed by atoms with Gasteiger partial charge < -0.3 is 4.74 Å². The zero-order chi connectivity index (χ0) is 17.3. The summed E-state index contributed by atoms with van der Waals surface area (Å²) in [6, 6.07) is 8.92. The molecule has 9 heteroatoms. The van der Waals surface area contributed by atoms with Crippen LogP contribution < -0.4 is 9.46 Å². The molecule has 0 atom stereocenters. The second-order valence-corrected chi connectivity index (χ2v) is 6.95. The summed E-state index contributed by atoms with van der Waals surface area (Å²) in [6.45, 7) is 0. The molecule has 2 aromatic carbocycles. The summed E-state index contributed by atoms with van der Waals surface area (Å²) in [4.78, 5) is -0.0793. The second-order valence-electron chi connectivity index (χ2n) is 4.45. The van der Waals surface area contributed by atoms with Crippen LogP contribution >= 0.6 is 15.9 Å². The van der Waals surface area contributed by atoms with Crippen LogP contribution in [0.3, 0.4) is 0 Å². The van der Waals surface area contributed by atoms with Gasteiger partial charge in [0.05, 0.1) is 12.7 Å². The predicted octanol–water partition coefficient (Wildman–Crippen LogP) is 4.28. The summed E-state index contributed by atoms with van der Waals surface area (Å²) < 4.78 is 70.6. The third-order valence-corrected chi connectivity index (χ3v) is 5.28. The lowest BCUT2D eigenvalue weighted by Crippen LogP contribution is -2.15. The molecule has 4 nitrogen and oxygen atoms in total. The third-order valence-electron chi connectivity index (χ3n) is 2.88. The lowest BCUT2D eigenvalue weighted by molar-refractivity contribution is -0.138. The zero-order valence-corrected chi connectivity index (χ0v) is 14.1. The number of methoxy groups -OCH3 is 1. The van der Waals surface area contributed by atoms with Crippen LogP contribution in [0.5, 0.6) is 5.75 Å². The number of ether oxygens (including phenoxy) is 1. The molecule has 0 unspecified atom stereocenters. The van der Waals surface area contributed by atoms with Crippen LogP contribution in [-0.2, 0) is 16.2 Å². The number of hydrogen-bond acceptors (Lipinski definition) is 3. The number of anilines is 1.